The molecule has 7 nitrogen and oxygen atoms in total. The van der Waals surface area contributed by atoms with Crippen LogP contribution < -0.4 is 23.8 Å². The zero-order valence-corrected chi connectivity index (χ0v) is 17.8. The molecule has 152 valence electrons. The van der Waals surface area contributed by atoms with Crippen molar-refractivity contribution in [1.29, 1.82) is 0 Å². The lowest BCUT2D eigenvalue weighted by Crippen LogP contribution is -2.27. The van der Waals surface area contributed by atoms with Crippen molar-refractivity contribution in [3.05, 3.63) is 40.8 Å². The number of hydrogen-bond donors (Lipinski definition) is 1. The Morgan fingerprint density at radius 2 is 1.59 bits per heavy atom. The van der Waals surface area contributed by atoms with Gasteiger partial charge in [-0.2, -0.15) is 0 Å². The molecule has 0 bridgehead atoms. The summed E-state index contributed by atoms with van der Waals surface area (Å²) in [6.45, 7) is 0. The van der Waals surface area contributed by atoms with Gasteiger partial charge in [-0.05, 0) is 35.9 Å². The number of phenols is 1. The number of amides is 1. The van der Waals surface area contributed by atoms with Crippen LogP contribution >= 0.6 is 24.0 Å². The van der Waals surface area contributed by atoms with E-state index in [-0.39, 0.29) is 23.2 Å². The van der Waals surface area contributed by atoms with Gasteiger partial charge in [0.25, 0.3) is 5.91 Å². The number of thiocarbonyl (C=S) groups is 1. The van der Waals surface area contributed by atoms with Gasteiger partial charge in [0.15, 0.2) is 15.8 Å². The second-order valence-electron chi connectivity index (χ2n) is 5.83. The monoisotopic (exact) mass is 433 g/mol. The fraction of sp³-hybridized carbons (Fsp3) is 0.200. The third-order valence-electron chi connectivity index (χ3n) is 4.22. The van der Waals surface area contributed by atoms with E-state index in [1.165, 1.54) is 38.0 Å². The highest BCUT2D eigenvalue weighted by Crippen LogP contribution is 2.42. The third-order valence-corrected chi connectivity index (χ3v) is 5.52. The average molecular weight is 434 g/mol. The Hall–Kier alpha value is -2.91. The maximum absolute atomic E-state index is 13.1. The quantitative estimate of drug-likeness (QED) is 0.544. The lowest BCUT2D eigenvalue weighted by molar-refractivity contribution is -0.113. The molecular weight excluding hydrogens is 414 g/mol. The Morgan fingerprint density at radius 3 is 2.14 bits per heavy atom. The minimum Gasteiger partial charge on any atom is -0.502 e. The van der Waals surface area contributed by atoms with Crippen LogP contribution in [-0.2, 0) is 4.79 Å². The third kappa shape index (κ3) is 3.96. The Balaban J connectivity index is 2.00. The van der Waals surface area contributed by atoms with Crippen molar-refractivity contribution in [3.63, 3.8) is 0 Å². The first-order valence-corrected chi connectivity index (χ1v) is 9.61. The number of aromatic hydroxyl groups is 1. The number of anilines is 1. The lowest BCUT2D eigenvalue weighted by atomic mass is 10.1. The van der Waals surface area contributed by atoms with Crippen LogP contribution in [0.4, 0.5) is 5.69 Å². The van der Waals surface area contributed by atoms with Crippen molar-refractivity contribution in [3.8, 4) is 28.7 Å². The molecule has 0 atom stereocenters. The summed E-state index contributed by atoms with van der Waals surface area (Å²) in [5.41, 5.74) is 1.15. The van der Waals surface area contributed by atoms with Gasteiger partial charge in [-0.25, -0.2) is 0 Å². The molecule has 1 saturated heterocycles. The fourth-order valence-corrected chi connectivity index (χ4v) is 4.08. The van der Waals surface area contributed by atoms with Crippen LogP contribution in [0, 0.1) is 0 Å². The van der Waals surface area contributed by atoms with Gasteiger partial charge in [-0.3, -0.25) is 9.69 Å². The molecule has 1 aliphatic heterocycles. The predicted molar refractivity (Wildman–Crippen MR) is 116 cm³/mol. The number of hydrogen-bond acceptors (Lipinski definition) is 8. The van der Waals surface area contributed by atoms with Gasteiger partial charge in [0.05, 0.1) is 39.0 Å². The summed E-state index contributed by atoms with van der Waals surface area (Å²) in [5, 5.41) is 10.1. The van der Waals surface area contributed by atoms with Gasteiger partial charge >= 0.3 is 0 Å². The van der Waals surface area contributed by atoms with Crippen molar-refractivity contribution in [1.82, 2.24) is 0 Å². The number of phenolic OH excluding ortho intramolecular Hbond substituents is 1. The first kappa shape index (κ1) is 20.8. The van der Waals surface area contributed by atoms with Gasteiger partial charge in [-0.1, -0.05) is 24.0 Å². The van der Waals surface area contributed by atoms with E-state index in [1.54, 1.807) is 43.5 Å². The summed E-state index contributed by atoms with van der Waals surface area (Å²) < 4.78 is 21.3. The molecule has 1 heterocycles. The summed E-state index contributed by atoms with van der Waals surface area (Å²) in [4.78, 5) is 14.9. The molecule has 3 rings (SSSR count). The summed E-state index contributed by atoms with van der Waals surface area (Å²) in [6, 6.07) is 8.36. The summed E-state index contributed by atoms with van der Waals surface area (Å²) in [7, 11) is 5.94. The van der Waals surface area contributed by atoms with Crippen molar-refractivity contribution >= 4 is 46.0 Å². The molecular formula is C20H19NO6S2. The van der Waals surface area contributed by atoms with Crippen LogP contribution in [-0.4, -0.2) is 43.8 Å². The van der Waals surface area contributed by atoms with Crippen LogP contribution in [0.15, 0.2) is 35.2 Å². The zero-order chi connectivity index (χ0) is 21.1. The molecule has 9 heteroatoms. The zero-order valence-electron chi connectivity index (χ0n) is 16.2. The van der Waals surface area contributed by atoms with E-state index >= 15 is 0 Å². The highest BCUT2D eigenvalue weighted by atomic mass is 32.2. The highest BCUT2D eigenvalue weighted by Gasteiger charge is 2.35. The summed E-state index contributed by atoms with van der Waals surface area (Å²) >= 11 is 6.60. The van der Waals surface area contributed by atoms with Gasteiger partial charge < -0.3 is 24.1 Å². The van der Waals surface area contributed by atoms with Gasteiger partial charge in [0.2, 0.25) is 5.75 Å². The second-order valence-corrected chi connectivity index (χ2v) is 7.50. The molecule has 0 radical (unpaired) electrons. The number of nitrogens with zero attached hydrogens (tertiary/aromatic N) is 1. The summed E-state index contributed by atoms with van der Waals surface area (Å²) in [5.74, 6) is 1.16. The van der Waals surface area contributed by atoms with Crippen molar-refractivity contribution in [2.45, 2.75) is 0 Å². The molecule has 1 N–H and O–H groups in total. The molecule has 0 spiro atoms. The maximum Gasteiger partial charge on any atom is 0.270 e. The molecule has 0 saturated carbocycles. The largest absolute Gasteiger partial charge is 0.502 e. The number of rotatable bonds is 6. The molecule has 1 fully saturated rings. The molecule has 1 amide bonds. The molecule has 0 unspecified atom stereocenters. The molecule has 2 aromatic carbocycles. The van der Waals surface area contributed by atoms with E-state index in [9.17, 15) is 9.90 Å². The van der Waals surface area contributed by atoms with Crippen molar-refractivity contribution < 1.29 is 28.8 Å². The predicted octanol–water partition coefficient (Wildman–Crippen LogP) is 3.83. The minimum absolute atomic E-state index is 0.109. The number of carbonyl (C=O) groups is 1. The topological polar surface area (TPSA) is 77.5 Å². The molecule has 2 aromatic rings. The molecule has 0 aromatic heterocycles. The van der Waals surface area contributed by atoms with Gasteiger partial charge in [-0.15, -0.1) is 0 Å². The lowest BCUT2D eigenvalue weighted by Gasteiger charge is -2.18. The van der Waals surface area contributed by atoms with E-state index < -0.39 is 0 Å². The van der Waals surface area contributed by atoms with Crippen molar-refractivity contribution in [2.75, 3.05) is 33.3 Å². The SMILES string of the molecule is COc1ccc(N2C(=O)/C(=C/c3cc(OC)c(O)c(OC)c3)SC2=S)c(OC)c1. The van der Waals surface area contributed by atoms with Crippen LogP contribution in [0.1, 0.15) is 5.56 Å². The number of carbonyl (C=O) groups excluding carboxylic acids is 1. The first-order valence-electron chi connectivity index (χ1n) is 8.38. The van der Waals surface area contributed by atoms with E-state index in [4.69, 9.17) is 31.2 Å². The normalized spacial score (nSPS) is 15.0. The number of ether oxygens (including phenoxy) is 4. The van der Waals surface area contributed by atoms with E-state index in [0.717, 1.165) is 0 Å². The summed E-state index contributed by atoms with van der Waals surface area (Å²) in [6.07, 6.45) is 1.67. The van der Waals surface area contributed by atoms with E-state index in [2.05, 4.69) is 0 Å². The Morgan fingerprint density at radius 1 is 0.966 bits per heavy atom. The maximum atomic E-state index is 13.1. The van der Waals surface area contributed by atoms with Crippen LogP contribution in [0.5, 0.6) is 28.7 Å². The highest BCUT2D eigenvalue weighted by molar-refractivity contribution is 8.27. The number of benzene rings is 2. The van der Waals surface area contributed by atoms with Crippen LogP contribution in [0.2, 0.25) is 0 Å². The van der Waals surface area contributed by atoms with Crippen LogP contribution in [0.3, 0.4) is 0 Å². The standard InChI is InChI=1S/C20H19NO6S2/c1-24-12-5-6-13(14(10-12)25-2)21-19(23)17(29-20(21)28)9-11-7-15(26-3)18(22)16(8-11)27-4/h5-10,22H,1-4H3/b17-9-. The molecule has 1 aliphatic rings. The fourth-order valence-electron chi connectivity index (χ4n) is 2.79. The Kier molecular flexibility index (Phi) is 6.19. The number of thioether (sulfide) groups is 1. The molecule has 29 heavy (non-hydrogen) atoms. The average Bonchev–Trinajstić information content (AvgIpc) is 3.01. The molecule has 0 aliphatic carbocycles. The Labute approximate surface area is 177 Å². The van der Waals surface area contributed by atoms with Crippen molar-refractivity contribution in [2.24, 2.45) is 0 Å². The van der Waals surface area contributed by atoms with Gasteiger partial charge in [0, 0.05) is 6.07 Å². The smallest absolute Gasteiger partial charge is 0.270 e. The van der Waals surface area contributed by atoms with Gasteiger partial charge in [0.1, 0.15) is 11.5 Å². The van der Waals surface area contributed by atoms with E-state index in [0.29, 0.717) is 32.0 Å². The number of methoxy groups -OCH3 is 4. The second kappa shape index (κ2) is 8.62. The van der Waals surface area contributed by atoms with E-state index in [1.807, 2.05) is 0 Å². The minimum atomic E-state index is -0.283. The Bertz CT molecular complexity index is 979. The van der Waals surface area contributed by atoms with Crippen LogP contribution in [0.25, 0.3) is 6.08 Å². The first-order chi connectivity index (χ1) is 13.9.